The summed E-state index contributed by atoms with van der Waals surface area (Å²) in [4.78, 5) is 0. The molecule has 0 fully saturated rings. The van der Waals surface area contributed by atoms with Crippen molar-refractivity contribution in [3.8, 4) is 0 Å². The van der Waals surface area contributed by atoms with Gasteiger partial charge in [-0.25, -0.2) is 0 Å². The smallest absolute Gasteiger partial charge is 0.0903 e. The molecule has 0 aliphatic carbocycles. The molecule has 11 heavy (non-hydrogen) atoms. The predicted octanol–water partition coefficient (Wildman–Crippen LogP) is 1.18. The SMILES string of the molecule is C[C@@H](Cl)[C@H](Cl)[C@H](O)[C@@H](Cl)CO. The van der Waals surface area contributed by atoms with Gasteiger partial charge in [-0.15, -0.1) is 34.8 Å². The van der Waals surface area contributed by atoms with Crippen LogP contribution in [0.2, 0.25) is 0 Å². The molecule has 0 bridgehead atoms. The van der Waals surface area contributed by atoms with Crippen molar-refractivity contribution in [3.05, 3.63) is 0 Å². The van der Waals surface area contributed by atoms with Gasteiger partial charge in [-0.1, -0.05) is 0 Å². The molecule has 0 heterocycles. The highest BCUT2D eigenvalue weighted by molar-refractivity contribution is 6.31. The minimum Gasteiger partial charge on any atom is -0.395 e. The van der Waals surface area contributed by atoms with Crippen LogP contribution >= 0.6 is 34.8 Å². The molecule has 0 radical (unpaired) electrons. The van der Waals surface area contributed by atoms with Crippen molar-refractivity contribution in [3.63, 3.8) is 0 Å². The first-order valence-corrected chi connectivity index (χ1v) is 4.52. The molecule has 0 aromatic heterocycles. The largest absolute Gasteiger partial charge is 0.395 e. The molecule has 0 aromatic rings. The summed E-state index contributed by atoms with van der Waals surface area (Å²) in [6, 6.07) is 0. The second-order valence-electron chi connectivity index (χ2n) is 2.31. The van der Waals surface area contributed by atoms with Gasteiger partial charge in [0.25, 0.3) is 0 Å². The fourth-order valence-corrected chi connectivity index (χ4v) is 1.14. The van der Waals surface area contributed by atoms with Crippen molar-refractivity contribution in [1.29, 1.82) is 0 Å². The maximum atomic E-state index is 9.25. The van der Waals surface area contributed by atoms with Gasteiger partial charge < -0.3 is 10.2 Å². The predicted molar refractivity (Wildman–Crippen MR) is 47.7 cm³/mol. The fraction of sp³-hybridized carbons (Fsp3) is 1.00. The molecule has 4 atom stereocenters. The monoisotopic (exact) mass is 220 g/mol. The maximum absolute atomic E-state index is 9.25. The Labute approximate surface area is 81.1 Å². The molecule has 68 valence electrons. The molecule has 2 nitrogen and oxygen atoms in total. The highest BCUT2D eigenvalue weighted by Crippen LogP contribution is 2.18. The lowest BCUT2D eigenvalue weighted by atomic mass is 10.1. The van der Waals surface area contributed by atoms with E-state index in [1.807, 2.05) is 0 Å². The van der Waals surface area contributed by atoms with E-state index < -0.39 is 16.9 Å². The van der Waals surface area contributed by atoms with Gasteiger partial charge in [0.15, 0.2) is 0 Å². The maximum Gasteiger partial charge on any atom is 0.0903 e. The van der Waals surface area contributed by atoms with E-state index in [0.717, 1.165) is 0 Å². The summed E-state index contributed by atoms with van der Waals surface area (Å²) in [5, 5.41) is 16.0. The van der Waals surface area contributed by atoms with E-state index in [9.17, 15) is 5.11 Å². The molecule has 2 N–H and O–H groups in total. The van der Waals surface area contributed by atoms with Crippen molar-refractivity contribution >= 4 is 34.8 Å². The van der Waals surface area contributed by atoms with Gasteiger partial charge in [0.1, 0.15) is 0 Å². The van der Waals surface area contributed by atoms with Crippen LogP contribution in [-0.2, 0) is 0 Å². The zero-order chi connectivity index (χ0) is 9.02. The Morgan fingerprint density at radius 1 is 1.27 bits per heavy atom. The quantitative estimate of drug-likeness (QED) is 0.700. The van der Waals surface area contributed by atoms with Crippen LogP contribution in [0.3, 0.4) is 0 Å². The molecule has 0 aliphatic rings. The first-order chi connectivity index (χ1) is 5.00. The Hall–Kier alpha value is 0.790. The second-order valence-corrected chi connectivity index (χ2v) is 4.06. The second kappa shape index (κ2) is 5.44. The molecular weight excluding hydrogens is 210 g/mol. The Morgan fingerprint density at radius 2 is 1.73 bits per heavy atom. The van der Waals surface area contributed by atoms with Crippen LogP contribution in [0.4, 0.5) is 0 Å². The number of aliphatic hydroxyl groups is 2. The zero-order valence-electron chi connectivity index (χ0n) is 6.04. The third-order valence-corrected chi connectivity index (χ3v) is 2.74. The molecular formula is C6H11Cl3O2. The van der Waals surface area contributed by atoms with Gasteiger partial charge in [0.2, 0.25) is 0 Å². The van der Waals surface area contributed by atoms with E-state index >= 15 is 0 Å². The van der Waals surface area contributed by atoms with Crippen LogP contribution in [0.15, 0.2) is 0 Å². The first-order valence-electron chi connectivity index (χ1n) is 3.21. The van der Waals surface area contributed by atoms with Gasteiger partial charge >= 0.3 is 0 Å². The van der Waals surface area contributed by atoms with Crippen molar-refractivity contribution in [1.82, 2.24) is 0 Å². The van der Waals surface area contributed by atoms with Crippen molar-refractivity contribution in [2.24, 2.45) is 0 Å². The molecule has 0 aromatic carbocycles. The summed E-state index contributed by atoms with van der Waals surface area (Å²) < 4.78 is 0. The van der Waals surface area contributed by atoms with Crippen LogP contribution in [0.25, 0.3) is 0 Å². The van der Waals surface area contributed by atoms with Gasteiger partial charge in [-0.3, -0.25) is 0 Å². The third kappa shape index (κ3) is 3.81. The Kier molecular flexibility index (Phi) is 5.83. The lowest BCUT2D eigenvalue weighted by molar-refractivity contribution is 0.133. The van der Waals surface area contributed by atoms with Crippen LogP contribution < -0.4 is 0 Å². The van der Waals surface area contributed by atoms with Crippen LogP contribution in [-0.4, -0.2) is 39.1 Å². The number of aliphatic hydroxyl groups excluding tert-OH is 2. The average molecular weight is 222 g/mol. The molecule has 0 rings (SSSR count). The normalized spacial score (nSPS) is 22.4. The summed E-state index contributed by atoms with van der Waals surface area (Å²) >= 11 is 16.8. The zero-order valence-corrected chi connectivity index (χ0v) is 8.31. The molecule has 0 saturated carbocycles. The number of rotatable bonds is 4. The Morgan fingerprint density at radius 3 is 2.00 bits per heavy atom. The fourth-order valence-electron chi connectivity index (χ4n) is 0.579. The van der Waals surface area contributed by atoms with Crippen molar-refractivity contribution in [2.75, 3.05) is 6.61 Å². The molecule has 0 aliphatic heterocycles. The van der Waals surface area contributed by atoms with Crippen LogP contribution in [0.5, 0.6) is 0 Å². The highest BCUT2D eigenvalue weighted by atomic mass is 35.5. The number of hydrogen-bond donors (Lipinski definition) is 2. The Bertz CT molecular complexity index is 110. The molecule has 0 spiro atoms. The summed E-state index contributed by atoms with van der Waals surface area (Å²) in [5.41, 5.74) is 0. The number of halogens is 3. The standard InChI is InChI=1S/C6H11Cl3O2/c1-3(7)5(9)6(11)4(8)2-10/h3-6,10-11H,2H2,1H3/t3-,4+,5+,6-/m1/s1. The molecule has 0 unspecified atom stereocenters. The summed E-state index contributed by atoms with van der Waals surface area (Å²) in [6.07, 6.45) is -0.976. The molecule has 0 saturated heterocycles. The van der Waals surface area contributed by atoms with E-state index in [-0.39, 0.29) is 12.0 Å². The van der Waals surface area contributed by atoms with Crippen LogP contribution in [0, 0.1) is 0 Å². The van der Waals surface area contributed by atoms with Crippen LogP contribution in [0.1, 0.15) is 6.92 Å². The number of alkyl halides is 3. The van der Waals surface area contributed by atoms with Gasteiger partial charge in [-0.2, -0.15) is 0 Å². The minimum atomic E-state index is -0.976. The average Bonchev–Trinajstić information content (AvgIpc) is 2.00. The topological polar surface area (TPSA) is 40.5 Å². The van der Waals surface area contributed by atoms with E-state index in [2.05, 4.69) is 0 Å². The molecule has 5 heteroatoms. The molecule has 0 amide bonds. The third-order valence-electron chi connectivity index (χ3n) is 1.31. The van der Waals surface area contributed by atoms with E-state index in [4.69, 9.17) is 39.9 Å². The summed E-state index contributed by atoms with van der Waals surface area (Å²) in [6.45, 7) is 1.35. The van der Waals surface area contributed by atoms with Crippen molar-refractivity contribution < 1.29 is 10.2 Å². The van der Waals surface area contributed by atoms with E-state index in [1.165, 1.54) is 0 Å². The van der Waals surface area contributed by atoms with Gasteiger partial charge in [0.05, 0.1) is 23.5 Å². The van der Waals surface area contributed by atoms with Gasteiger partial charge in [0, 0.05) is 5.38 Å². The number of hydrogen-bond acceptors (Lipinski definition) is 2. The summed E-state index contributed by atoms with van der Waals surface area (Å²) in [7, 11) is 0. The first kappa shape index (κ1) is 11.8. The van der Waals surface area contributed by atoms with E-state index in [0.29, 0.717) is 0 Å². The lowest BCUT2D eigenvalue weighted by Gasteiger charge is -2.21. The Balaban J connectivity index is 3.90. The summed E-state index contributed by atoms with van der Waals surface area (Å²) in [5.74, 6) is 0. The van der Waals surface area contributed by atoms with Gasteiger partial charge in [-0.05, 0) is 6.92 Å². The minimum absolute atomic E-state index is 0.310. The van der Waals surface area contributed by atoms with E-state index in [1.54, 1.807) is 6.92 Å². The highest BCUT2D eigenvalue weighted by Gasteiger charge is 2.27. The van der Waals surface area contributed by atoms with Crippen molar-refractivity contribution in [2.45, 2.75) is 29.2 Å². The lowest BCUT2D eigenvalue weighted by Crippen LogP contribution is -2.37.